The Hall–Kier alpha value is -3.35. The number of rotatable bonds is 6. The van der Waals surface area contributed by atoms with E-state index in [4.69, 9.17) is 0 Å². The van der Waals surface area contributed by atoms with Crippen molar-refractivity contribution in [1.82, 2.24) is 15.6 Å². The molecule has 1 aromatic heterocycles. The fraction of sp³-hybridized carbons (Fsp3) is 0.238. The molecule has 4 N–H and O–H groups in total. The van der Waals surface area contributed by atoms with Gasteiger partial charge in [-0.3, -0.25) is 9.59 Å². The number of aromatic amines is 1. The van der Waals surface area contributed by atoms with Crippen LogP contribution in [-0.2, 0) is 24.3 Å². The monoisotopic (exact) mass is 380 g/mol. The predicted molar refractivity (Wildman–Crippen MR) is 106 cm³/mol. The number of fused-ring (bicyclic) bond motifs is 2. The molecule has 2 amide bonds. The summed E-state index contributed by atoms with van der Waals surface area (Å²) in [5.41, 5.74) is 5.09. The number of benzene rings is 2. The maximum atomic E-state index is 14.2. The van der Waals surface area contributed by atoms with Crippen molar-refractivity contribution in [2.75, 3.05) is 11.9 Å². The third kappa shape index (κ3) is 3.55. The summed E-state index contributed by atoms with van der Waals surface area (Å²) in [6.07, 6.45) is 2.48. The maximum absolute atomic E-state index is 14.2. The van der Waals surface area contributed by atoms with Gasteiger partial charge in [0.25, 0.3) is 5.91 Å². The van der Waals surface area contributed by atoms with Gasteiger partial charge in [0, 0.05) is 49.4 Å². The number of hydrogen-bond acceptors (Lipinski definition) is 3. The Balaban J connectivity index is 1.54. The van der Waals surface area contributed by atoms with Gasteiger partial charge in [0.1, 0.15) is 5.82 Å². The van der Waals surface area contributed by atoms with Crippen LogP contribution in [0.5, 0.6) is 0 Å². The third-order valence-corrected chi connectivity index (χ3v) is 4.97. The van der Waals surface area contributed by atoms with Gasteiger partial charge < -0.3 is 20.9 Å². The molecule has 6 nitrogen and oxygen atoms in total. The largest absolute Gasteiger partial charge is 0.381 e. The van der Waals surface area contributed by atoms with E-state index in [1.807, 2.05) is 24.4 Å². The van der Waals surface area contributed by atoms with E-state index in [2.05, 4.69) is 20.9 Å². The van der Waals surface area contributed by atoms with Crippen LogP contribution < -0.4 is 16.0 Å². The Morgan fingerprint density at radius 3 is 2.89 bits per heavy atom. The molecule has 0 atom stereocenters. The standard InChI is InChI=1S/C21H21FN4O2/c1-12(27)23-5-4-14-9-25-20-15(6-16(22)7-18(14)20)11-24-17-3-2-13-10-26-21(28)19(13)8-17/h2-3,6-9,24-25H,4-5,10-11H2,1H3,(H,23,27)(H,26,28). The lowest BCUT2D eigenvalue weighted by molar-refractivity contribution is -0.118. The SMILES string of the molecule is CC(=O)NCCc1c[nH]c2c(CNc3ccc4c(c3)C(=O)NC4)cc(F)cc12. The highest BCUT2D eigenvalue weighted by atomic mass is 19.1. The first kappa shape index (κ1) is 18.0. The lowest BCUT2D eigenvalue weighted by Crippen LogP contribution is -2.22. The number of aromatic nitrogens is 1. The van der Waals surface area contributed by atoms with Crippen molar-refractivity contribution in [3.63, 3.8) is 0 Å². The fourth-order valence-electron chi connectivity index (χ4n) is 3.56. The van der Waals surface area contributed by atoms with Gasteiger partial charge in [0.15, 0.2) is 0 Å². The van der Waals surface area contributed by atoms with E-state index in [1.54, 1.807) is 0 Å². The zero-order valence-electron chi connectivity index (χ0n) is 15.5. The van der Waals surface area contributed by atoms with E-state index < -0.39 is 0 Å². The molecule has 2 aromatic carbocycles. The minimum absolute atomic E-state index is 0.0695. The molecular weight excluding hydrogens is 359 g/mol. The first-order valence-electron chi connectivity index (χ1n) is 9.19. The Kier molecular flexibility index (Phi) is 4.73. The minimum atomic E-state index is -0.307. The Morgan fingerprint density at radius 2 is 2.07 bits per heavy atom. The number of hydrogen-bond donors (Lipinski definition) is 4. The van der Waals surface area contributed by atoms with Crippen LogP contribution in [0.15, 0.2) is 36.5 Å². The van der Waals surface area contributed by atoms with Gasteiger partial charge in [-0.25, -0.2) is 4.39 Å². The fourth-order valence-corrected chi connectivity index (χ4v) is 3.56. The summed E-state index contributed by atoms with van der Waals surface area (Å²) in [6.45, 7) is 2.95. The molecule has 0 saturated heterocycles. The molecular formula is C21H21FN4O2. The van der Waals surface area contributed by atoms with Crippen molar-refractivity contribution in [2.45, 2.75) is 26.4 Å². The van der Waals surface area contributed by atoms with Crippen LogP contribution in [0, 0.1) is 5.82 Å². The first-order chi connectivity index (χ1) is 13.5. The van der Waals surface area contributed by atoms with Crippen molar-refractivity contribution >= 4 is 28.4 Å². The third-order valence-electron chi connectivity index (χ3n) is 4.97. The summed E-state index contributed by atoms with van der Waals surface area (Å²) in [4.78, 5) is 26.1. The summed E-state index contributed by atoms with van der Waals surface area (Å²) in [5.74, 6) is -0.461. The zero-order chi connectivity index (χ0) is 19.7. The average Bonchev–Trinajstić information content (AvgIpc) is 3.23. The highest BCUT2D eigenvalue weighted by Crippen LogP contribution is 2.26. The van der Waals surface area contributed by atoms with Crippen molar-refractivity contribution in [2.24, 2.45) is 0 Å². The van der Waals surface area contributed by atoms with Crippen LogP contribution in [0.1, 0.15) is 34.0 Å². The van der Waals surface area contributed by atoms with Crippen LogP contribution in [0.4, 0.5) is 10.1 Å². The smallest absolute Gasteiger partial charge is 0.251 e. The molecule has 0 saturated carbocycles. The van der Waals surface area contributed by atoms with Gasteiger partial charge >= 0.3 is 0 Å². The van der Waals surface area contributed by atoms with Gasteiger partial charge in [-0.15, -0.1) is 0 Å². The molecule has 28 heavy (non-hydrogen) atoms. The molecule has 3 aromatic rings. The van der Waals surface area contributed by atoms with E-state index in [-0.39, 0.29) is 17.6 Å². The lowest BCUT2D eigenvalue weighted by Gasteiger charge is -2.10. The molecule has 7 heteroatoms. The molecule has 144 valence electrons. The van der Waals surface area contributed by atoms with Gasteiger partial charge in [0.05, 0.1) is 5.52 Å². The van der Waals surface area contributed by atoms with Gasteiger partial charge in [-0.1, -0.05) is 6.07 Å². The number of halogens is 1. The number of anilines is 1. The lowest BCUT2D eigenvalue weighted by atomic mass is 10.1. The second kappa shape index (κ2) is 7.34. The summed E-state index contributed by atoms with van der Waals surface area (Å²) < 4.78 is 14.2. The molecule has 0 bridgehead atoms. The molecule has 1 aliphatic rings. The summed E-state index contributed by atoms with van der Waals surface area (Å²) >= 11 is 0. The predicted octanol–water partition coefficient (Wildman–Crippen LogP) is 2.84. The van der Waals surface area contributed by atoms with E-state index in [9.17, 15) is 14.0 Å². The normalized spacial score (nSPS) is 12.7. The van der Waals surface area contributed by atoms with Crippen LogP contribution in [0.3, 0.4) is 0 Å². The highest BCUT2D eigenvalue weighted by molar-refractivity contribution is 5.99. The minimum Gasteiger partial charge on any atom is -0.381 e. The Morgan fingerprint density at radius 1 is 1.21 bits per heavy atom. The number of carbonyl (C=O) groups excluding carboxylic acids is 2. The number of carbonyl (C=O) groups is 2. The second-order valence-corrected chi connectivity index (χ2v) is 6.94. The maximum Gasteiger partial charge on any atom is 0.251 e. The highest BCUT2D eigenvalue weighted by Gasteiger charge is 2.18. The van der Waals surface area contributed by atoms with Crippen LogP contribution in [0.25, 0.3) is 10.9 Å². The number of nitrogens with one attached hydrogen (secondary N) is 4. The van der Waals surface area contributed by atoms with Crippen LogP contribution in [-0.4, -0.2) is 23.3 Å². The topological polar surface area (TPSA) is 86.0 Å². The van der Waals surface area contributed by atoms with Gasteiger partial charge in [-0.2, -0.15) is 0 Å². The van der Waals surface area contributed by atoms with Crippen molar-refractivity contribution in [3.8, 4) is 0 Å². The summed E-state index contributed by atoms with van der Waals surface area (Å²) in [6, 6.07) is 8.68. The number of H-pyrrole nitrogens is 1. The molecule has 4 rings (SSSR count). The average molecular weight is 380 g/mol. The van der Waals surface area contributed by atoms with Crippen molar-refractivity contribution in [1.29, 1.82) is 0 Å². The Bertz CT molecular complexity index is 1070. The van der Waals surface area contributed by atoms with Gasteiger partial charge in [0.2, 0.25) is 5.91 Å². The van der Waals surface area contributed by atoms with Crippen molar-refractivity contribution < 1.29 is 14.0 Å². The molecule has 0 radical (unpaired) electrons. The Labute approximate surface area is 161 Å². The van der Waals surface area contributed by atoms with Gasteiger partial charge in [-0.05, 0) is 47.4 Å². The molecule has 0 fully saturated rings. The summed E-state index contributed by atoms with van der Waals surface area (Å²) in [5, 5.41) is 9.64. The van der Waals surface area contributed by atoms with Crippen LogP contribution in [0.2, 0.25) is 0 Å². The molecule has 0 unspecified atom stereocenters. The summed E-state index contributed by atoms with van der Waals surface area (Å²) in [7, 11) is 0. The van der Waals surface area contributed by atoms with Crippen molar-refractivity contribution in [3.05, 3.63) is 64.6 Å². The molecule has 0 spiro atoms. The van der Waals surface area contributed by atoms with E-state index in [0.29, 0.717) is 31.6 Å². The molecule has 1 aliphatic heterocycles. The first-order valence-corrected chi connectivity index (χ1v) is 9.19. The van der Waals surface area contributed by atoms with E-state index >= 15 is 0 Å². The quantitative estimate of drug-likeness (QED) is 0.530. The second-order valence-electron chi connectivity index (χ2n) is 6.94. The molecule has 0 aliphatic carbocycles. The van der Waals surface area contributed by atoms with E-state index in [1.165, 1.54) is 19.1 Å². The van der Waals surface area contributed by atoms with Crippen LogP contribution >= 0.6 is 0 Å². The zero-order valence-corrected chi connectivity index (χ0v) is 15.5. The molecule has 2 heterocycles. The van der Waals surface area contributed by atoms with E-state index in [0.717, 1.165) is 33.3 Å². The number of amides is 2.